The summed E-state index contributed by atoms with van der Waals surface area (Å²) in [6.07, 6.45) is 1.89. The lowest BCUT2D eigenvalue weighted by Gasteiger charge is -2.12. The van der Waals surface area contributed by atoms with Crippen molar-refractivity contribution in [3.05, 3.63) is 34.4 Å². The van der Waals surface area contributed by atoms with Crippen LogP contribution in [-0.4, -0.2) is 16.0 Å². The summed E-state index contributed by atoms with van der Waals surface area (Å²) in [5.74, 6) is 0.405. The van der Waals surface area contributed by atoms with Crippen LogP contribution in [0.3, 0.4) is 0 Å². The average molecular weight is 272 g/mol. The number of hydrogen-bond donors (Lipinski definition) is 1. The summed E-state index contributed by atoms with van der Waals surface area (Å²) in [4.78, 5) is 0. The average Bonchev–Trinajstić information content (AvgIpc) is 2.65. The molecule has 0 aliphatic rings. The zero-order valence-electron chi connectivity index (χ0n) is 11.5. The molecule has 2 N–H and O–H groups in total. The number of anilines is 1. The Morgan fingerprint density at radius 3 is 2.26 bits per heavy atom. The van der Waals surface area contributed by atoms with Crippen LogP contribution in [0.5, 0.6) is 0 Å². The zero-order chi connectivity index (χ0) is 14.2. The Morgan fingerprint density at radius 2 is 1.84 bits per heavy atom. The van der Waals surface area contributed by atoms with Crippen LogP contribution in [0.2, 0.25) is 0 Å². The number of nitrogens with two attached hydrogens (primary N) is 1. The highest BCUT2D eigenvalue weighted by molar-refractivity contribution is 7.98. The van der Waals surface area contributed by atoms with E-state index in [2.05, 4.69) is 30.2 Å². The number of benzene rings is 1. The van der Waals surface area contributed by atoms with Gasteiger partial charge in [-0.1, -0.05) is 17.7 Å². The number of thioether (sulfide) groups is 1. The third-order valence-corrected chi connectivity index (χ3v) is 3.71. The first-order valence-electron chi connectivity index (χ1n) is 5.90. The second kappa shape index (κ2) is 4.98. The minimum absolute atomic E-state index is 0.405. The first-order valence-corrected chi connectivity index (χ1v) is 7.12. The Kier molecular flexibility index (Phi) is 3.54. The standard InChI is InChI=1S/C14H16N4S/c1-8-5-9(2)12(10(3)6-8)18-13(16)11(7-15)14(17-18)19-4/h5-6H,16H2,1-4H3. The fourth-order valence-corrected chi connectivity index (χ4v) is 2.85. The molecule has 1 aromatic carbocycles. The molecule has 19 heavy (non-hydrogen) atoms. The molecule has 5 heteroatoms. The molecule has 0 aliphatic heterocycles. The predicted octanol–water partition coefficient (Wildman–Crippen LogP) is 2.97. The summed E-state index contributed by atoms with van der Waals surface area (Å²) in [6, 6.07) is 6.31. The molecule has 2 rings (SSSR count). The molecule has 0 radical (unpaired) electrons. The molecule has 0 amide bonds. The number of rotatable bonds is 2. The van der Waals surface area contributed by atoms with E-state index in [9.17, 15) is 5.26 Å². The van der Waals surface area contributed by atoms with Gasteiger partial charge in [0.15, 0.2) is 0 Å². The Bertz CT molecular complexity index is 656. The summed E-state index contributed by atoms with van der Waals surface area (Å²) < 4.78 is 1.68. The lowest BCUT2D eigenvalue weighted by molar-refractivity contribution is 0.833. The number of aryl methyl sites for hydroxylation is 3. The Hall–Kier alpha value is -1.93. The van der Waals surface area contributed by atoms with Gasteiger partial charge in [-0.15, -0.1) is 11.8 Å². The van der Waals surface area contributed by atoms with E-state index < -0.39 is 0 Å². The number of nitrogen functional groups attached to an aromatic ring is 1. The van der Waals surface area contributed by atoms with Gasteiger partial charge in [-0.3, -0.25) is 0 Å². The van der Waals surface area contributed by atoms with E-state index >= 15 is 0 Å². The molecule has 0 saturated heterocycles. The van der Waals surface area contributed by atoms with Crippen LogP contribution in [0.1, 0.15) is 22.3 Å². The summed E-state index contributed by atoms with van der Waals surface area (Å²) in [5.41, 5.74) is 10.9. The predicted molar refractivity (Wildman–Crippen MR) is 78.7 cm³/mol. The van der Waals surface area contributed by atoms with Crippen LogP contribution in [0.15, 0.2) is 17.2 Å². The number of nitriles is 1. The first kappa shape index (κ1) is 13.5. The van der Waals surface area contributed by atoms with Crippen LogP contribution in [-0.2, 0) is 0 Å². The van der Waals surface area contributed by atoms with Gasteiger partial charge in [0.25, 0.3) is 0 Å². The van der Waals surface area contributed by atoms with Gasteiger partial charge >= 0.3 is 0 Å². The maximum Gasteiger partial charge on any atom is 0.146 e. The highest BCUT2D eigenvalue weighted by Gasteiger charge is 2.18. The van der Waals surface area contributed by atoms with E-state index in [0.29, 0.717) is 16.4 Å². The topological polar surface area (TPSA) is 67.6 Å². The lowest BCUT2D eigenvalue weighted by Crippen LogP contribution is -2.06. The van der Waals surface area contributed by atoms with Crippen molar-refractivity contribution in [3.63, 3.8) is 0 Å². The van der Waals surface area contributed by atoms with E-state index in [-0.39, 0.29) is 0 Å². The molecule has 0 spiro atoms. The molecule has 2 aromatic rings. The fourth-order valence-electron chi connectivity index (χ4n) is 2.34. The second-order valence-corrected chi connectivity index (χ2v) is 5.34. The SMILES string of the molecule is CSc1nn(-c2c(C)cc(C)cc2C)c(N)c1C#N. The maximum absolute atomic E-state index is 9.18. The molecule has 0 aliphatic carbocycles. The molecule has 1 aromatic heterocycles. The third-order valence-electron chi connectivity index (χ3n) is 3.04. The van der Waals surface area contributed by atoms with E-state index in [1.54, 1.807) is 4.68 Å². The van der Waals surface area contributed by atoms with Crippen molar-refractivity contribution in [1.29, 1.82) is 5.26 Å². The molecule has 98 valence electrons. The highest BCUT2D eigenvalue weighted by Crippen LogP contribution is 2.29. The molecule has 0 unspecified atom stereocenters. The smallest absolute Gasteiger partial charge is 0.146 e. The molecule has 0 bridgehead atoms. The van der Waals surface area contributed by atoms with E-state index in [0.717, 1.165) is 16.8 Å². The summed E-state index contributed by atoms with van der Waals surface area (Å²) in [6.45, 7) is 6.12. The lowest BCUT2D eigenvalue weighted by atomic mass is 10.1. The monoisotopic (exact) mass is 272 g/mol. The first-order chi connectivity index (χ1) is 8.99. The van der Waals surface area contributed by atoms with Crippen LogP contribution >= 0.6 is 11.8 Å². The molecule has 0 atom stereocenters. The van der Waals surface area contributed by atoms with Crippen molar-refractivity contribution in [1.82, 2.24) is 9.78 Å². The normalized spacial score (nSPS) is 10.5. The van der Waals surface area contributed by atoms with Gasteiger partial charge in [0.2, 0.25) is 0 Å². The van der Waals surface area contributed by atoms with Gasteiger partial charge in [0.1, 0.15) is 22.5 Å². The van der Waals surface area contributed by atoms with Crippen LogP contribution in [0, 0.1) is 32.1 Å². The Balaban J connectivity index is 2.74. The maximum atomic E-state index is 9.18. The minimum Gasteiger partial charge on any atom is -0.382 e. The van der Waals surface area contributed by atoms with Crippen LogP contribution in [0.4, 0.5) is 5.82 Å². The molecule has 0 saturated carbocycles. The molecule has 4 nitrogen and oxygen atoms in total. The summed E-state index contributed by atoms with van der Waals surface area (Å²) in [5, 5.41) is 14.3. The zero-order valence-corrected chi connectivity index (χ0v) is 12.3. The number of nitrogens with zero attached hydrogens (tertiary/aromatic N) is 3. The third kappa shape index (κ3) is 2.20. The van der Waals surface area contributed by atoms with Gasteiger partial charge in [-0.25, -0.2) is 4.68 Å². The summed E-state index contributed by atoms with van der Waals surface area (Å²) in [7, 11) is 0. The van der Waals surface area contributed by atoms with E-state index in [4.69, 9.17) is 5.73 Å². The molecule has 1 heterocycles. The van der Waals surface area contributed by atoms with E-state index in [1.165, 1.54) is 17.3 Å². The van der Waals surface area contributed by atoms with Crippen LogP contribution < -0.4 is 5.73 Å². The van der Waals surface area contributed by atoms with E-state index in [1.807, 2.05) is 20.1 Å². The second-order valence-electron chi connectivity index (χ2n) is 4.54. The van der Waals surface area contributed by atoms with Crippen molar-refractivity contribution < 1.29 is 0 Å². The molecule has 0 fully saturated rings. The van der Waals surface area contributed by atoms with Gasteiger partial charge in [0, 0.05) is 0 Å². The summed E-state index contributed by atoms with van der Waals surface area (Å²) >= 11 is 1.43. The minimum atomic E-state index is 0.405. The molecular formula is C14H16N4S. The highest BCUT2D eigenvalue weighted by atomic mass is 32.2. The number of hydrogen-bond acceptors (Lipinski definition) is 4. The fraction of sp³-hybridized carbons (Fsp3) is 0.286. The van der Waals surface area contributed by atoms with Gasteiger partial charge < -0.3 is 5.73 Å². The largest absolute Gasteiger partial charge is 0.382 e. The van der Waals surface area contributed by atoms with Crippen molar-refractivity contribution >= 4 is 17.6 Å². The van der Waals surface area contributed by atoms with Crippen molar-refractivity contribution in [3.8, 4) is 11.8 Å². The van der Waals surface area contributed by atoms with Crippen molar-refractivity contribution in [2.45, 2.75) is 25.8 Å². The quantitative estimate of drug-likeness (QED) is 0.853. The van der Waals surface area contributed by atoms with Crippen molar-refractivity contribution in [2.75, 3.05) is 12.0 Å². The van der Waals surface area contributed by atoms with Gasteiger partial charge in [-0.2, -0.15) is 10.4 Å². The number of aromatic nitrogens is 2. The molecular weight excluding hydrogens is 256 g/mol. The van der Waals surface area contributed by atoms with Crippen molar-refractivity contribution in [2.24, 2.45) is 0 Å². The van der Waals surface area contributed by atoms with Gasteiger partial charge in [-0.05, 0) is 38.2 Å². The Labute approximate surface area is 117 Å². The Morgan fingerprint density at radius 1 is 1.26 bits per heavy atom. The van der Waals surface area contributed by atoms with Crippen LogP contribution in [0.25, 0.3) is 5.69 Å². The van der Waals surface area contributed by atoms with Gasteiger partial charge in [0.05, 0.1) is 5.69 Å².